The van der Waals surface area contributed by atoms with Gasteiger partial charge in [0.05, 0.1) is 12.7 Å². The minimum Gasteiger partial charge on any atom is -0.480 e. The highest BCUT2D eigenvalue weighted by Crippen LogP contribution is 2.18. The molecule has 0 unspecified atom stereocenters. The number of aromatic nitrogens is 4. The number of nitrogens with zero attached hydrogens (tertiary/aromatic N) is 3. The third-order valence-corrected chi connectivity index (χ3v) is 3.17. The van der Waals surface area contributed by atoms with E-state index in [1.165, 1.54) is 18.3 Å². The quantitative estimate of drug-likeness (QED) is 0.647. The fourth-order valence-electron chi connectivity index (χ4n) is 2.14. The number of carbonyl (C=O) groups is 2. The Morgan fingerprint density at radius 3 is 2.96 bits per heavy atom. The summed E-state index contributed by atoms with van der Waals surface area (Å²) in [6.07, 6.45) is 1.43. The highest BCUT2D eigenvalue weighted by molar-refractivity contribution is 5.98. The third kappa shape index (κ3) is 3.18. The van der Waals surface area contributed by atoms with Crippen molar-refractivity contribution in [2.45, 2.75) is 13.1 Å². The Bertz CT molecular complexity index is 886. The molecule has 0 radical (unpaired) electrons. The van der Waals surface area contributed by atoms with E-state index in [1.807, 2.05) is 0 Å². The summed E-state index contributed by atoms with van der Waals surface area (Å²) in [6.45, 7) is -0.224. The van der Waals surface area contributed by atoms with Gasteiger partial charge in [-0.25, -0.2) is 9.07 Å². The predicted molar refractivity (Wildman–Crippen MR) is 77.1 cm³/mol. The monoisotopic (exact) mass is 317 g/mol. The third-order valence-electron chi connectivity index (χ3n) is 3.17. The number of benzene rings is 1. The van der Waals surface area contributed by atoms with Gasteiger partial charge in [-0.05, 0) is 18.2 Å². The summed E-state index contributed by atoms with van der Waals surface area (Å²) in [5.41, 5.74) is 1.17. The first-order valence-electron chi connectivity index (χ1n) is 6.69. The second-order valence-corrected chi connectivity index (χ2v) is 4.87. The van der Waals surface area contributed by atoms with Gasteiger partial charge in [0.2, 0.25) is 0 Å². The molecule has 23 heavy (non-hydrogen) atoms. The molecule has 3 aromatic rings. The molecule has 0 spiro atoms. The van der Waals surface area contributed by atoms with Gasteiger partial charge in [-0.1, -0.05) is 11.3 Å². The molecule has 3 N–H and O–H groups in total. The van der Waals surface area contributed by atoms with Crippen molar-refractivity contribution in [3.8, 4) is 0 Å². The van der Waals surface area contributed by atoms with Crippen LogP contribution in [0.2, 0.25) is 0 Å². The summed E-state index contributed by atoms with van der Waals surface area (Å²) in [4.78, 5) is 25.5. The maximum Gasteiger partial charge on any atom is 0.325 e. The second kappa shape index (κ2) is 5.87. The number of H-pyrrole nitrogens is 1. The summed E-state index contributed by atoms with van der Waals surface area (Å²) >= 11 is 0. The van der Waals surface area contributed by atoms with Crippen molar-refractivity contribution in [3.63, 3.8) is 0 Å². The van der Waals surface area contributed by atoms with Crippen LogP contribution < -0.4 is 5.32 Å². The van der Waals surface area contributed by atoms with Crippen LogP contribution in [0.4, 0.5) is 4.39 Å². The molecule has 0 saturated heterocycles. The molecule has 1 amide bonds. The van der Waals surface area contributed by atoms with Crippen molar-refractivity contribution < 1.29 is 19.1 Å². The summed E-state index contributed by atoms with van der Waals surface area (Å²) in [7, 11) is 0. The van der Waals surface area contributed by atoms with Gasteiger partial charge >= 0.3 is 5.97 Å². The van der Waals surface area contributed by atoms with E-state index in [0.717, 1.165) is 4.68 Å². The van der Waals surface area contributed by atoms with E-state index in [9.17, 15) is 14.0 Å². The van der Waals surface area contributed by atoms with Crippen LogP contribution in [-0.4, -0.2) is 37.0 Å². The maximum absolute atomic E-state index is 13.6. The largest absolute Gasteiger partial charge is 0.480 e. The van der Waals surface area contributed by atoms with Crippen molar-refractivity contribution in [2.24, 2.45) is 0 Å². The molecule has 0 aliphatic rings. The van der Waals surface area contributed by atoms with Gasteiger partial charge < -0.3 is 15.4 Å². The Labute approximate surface area is 128 Å². The van der Waals surface area contributed by atoms with Crippen LogP contribution in [0.5, 0.6) is 0 Å². The van der Waals surface area contributed by atoms with Crippen LogP contribution >= 0.6 is 0 Å². The van der Waals surface area contributed by atoms with E-state index in [2.05, 4.69) is 20.6 Å². The lowest BCUT2D eigenvalue weighted by atomic mass is 10.2. The smallest absolute Gasteiger partial charge is 0.325 e. The van der Waals surface area contributed by atoms with E-state index in [4.69, 9.17) is 5.11 Å². The Balaban J connectivity index is 1.67. The molecule has 8 nitrogen and oxygen atoms in total. The van der Waals surface area contributed by atoms with Crippen LogP contribution in [-0.2, 0) is 17.9 Å². The molecule has 3 rings (SSSR count). The number of hydrogen-bond acceptors (Lipinski definition) is 4. The van der Waals surface area contributed by atoms with E-state index >= 15 is 0 Å². The fraction of sp³-hybridized carbons (Fsp3) is 0.143. The molecule has 0 atom stereocenters. The molecule has 0 aliphatic heterocycles. The molecule has 0 bridgehead atoms. The molecule has 0 saturated carbocycles. The van der Waals surface area contributed by atoms with E-state index < -0.39 is 17.7 Å². The topological polar surface area (TPSA) is 113 Å². The average molecular weight is 317 g/mol. The lowest BCUT2D eigenvalue weighted by Gasteiger charge is -2.00. The normalized spacial score (nSPS) is 10.8. The number of carboxylic acids is 1. The summed E-state index contributed by atoms with van der Waals surface area (Å²) < 4.78 is 14.8. The van der Waals surface area contributed by atoms with Crippen molar-refractivity contribution in [2.75, 3.05) is 0 Å². The van der Waals surface area contributed by atoms with Crippen LogP contribution in [0.3, 0.4) is 0 Å². The number of halogens is 1. The van der Waals surface area contributed by atoms with Gasteiger partial charge in [0.15, 0.2) is 0 Å². The van der Waals surface area contributed by atoms with Gasteiger partial charge in [0.1, 0.15) is 23.7 Å². The van der Waals surface area contributed by atoms with Crippen molar-refractivity contribution in [3.05, 3.63) is 47.7 Å². The number of fused-ring (bicyclic) bond motifs is 1. The minimum absolute atomic E-state index is 0.0797. The van der Waals surface area contributed by atoms with Crippen LogP contribution in [0.1, 0.15) is 16.2 Å². The molecular weight excluding hydrogens is 305 g/mol. The van der Waals surface area contributed by atoms with Crippen molar-refractivity contribution in [1.82, 2.24) is 25.3 Å². The van der Waals surface area contributed by atoms with Gasteiger partial charge in [-0.15, -0.1) is 5.10 Å². The highest BCUT2D eigenvalue weighted by atomic mass is 19.1. The van der Waals surface area contributed by atoms with Crippen LogP contribution in [0.25, 0.3) is 10.9 Å². The molecule has 118 valence electrons. The lowest BCUT2D eigenvalue weighted by Crippen LogP contribution is -2.23. The Hall–Kier alpha value is -3.23. The first-order valence-corrected chi connectivity index (χ1v) is 6.69. The van der Waals surface area contributed by atoms with Gasteiger partial charge in [0.25, 0.3) is 5.91 Å². The zero-order valence-electron chi connectivity index (χ0n) is 11.8. The van der Waals surface area contributed by atoms with Crippen molar-refractivity contribution >= 4 is 22.8 Å². The second-order valence-electron chi connectivity index (χ2n) is 4.87. The Morgan fingerprint density at radius 1 is 1.39 bits per heavy atom. The highest BCUT2D eigenvalue weighted by Gasteiger charge is 2.12. The Kier molecular flexibility index (Phi) is 3.75. The molecular formula is C14H12FN5O3. The predicted octanol–water partition coefficient (Wildman–Crippen LogP) is 0.913. The van der Waals surface area contributed by atoms with Crippen LogP contribution in [0, 0.1) is 5.82 Å². The molecule has 9 heteroatoms. The van der Waals surface area contributed by atoms with Crippen molar-refractivity contribution in [1.29, 1.82) is 0 Å². The number of aliphatic carboxylic acids is 1. The van der Waals surface area contributed by atoms with E-state index in [0.29, 0.717) is 16.6 Å². The minimum atomic E-state index is -1.04. The van der Waals surface area contributed by atoms with Gasteiger partial charge in [-0.2, -0.15) is 0 Å². The SMILES string of the molecule is O=C(O)Cn1cc(CNC(=O)c2cc3c(F)cccc3[nH]2)nn1. The zero-order chi connectivity index (χ0) is 16.4. The molecule has 0 aliphatic carbocycles. The maximum atomic E-state index is 13.6. The van der Waals surface area contributed by atoms with E-state index in [-0.39, 0.29) is 18.8 Å². The molecule has 2 heterocycles. The number of nitrogens with one attached hydrogen (secondary N) is 2. The Morgan fingerprint density at radius 2 is 2.22 bits per heavy atom. The number of rotatable bonds is 5. The number of carboxylic acid groups (broad SMARTS) is 1. The first-order chi connectivity index (χ1) is 11.0. The lowest BCUT2D eigenvalue weighted by molar-refractivity contribution is -0.137. The average Bonchev–Trinajstić information content (AvgIpc) is 3.11. The van der Waals surface area contributed by atoms with E-state index in [1.54, 1.807) is 12.1 Å². The number of aromatic amines is 1. The number of hydrogen-bond donors (Lipinski definition) is 3. The zero-order valence-corrected chi connectivity index (χ0v) is 11.8. The van der Waals surface area contributed by atoms with Gasteiger partial charge in [-0.3, -0.25) is 9.59 Å². The van der Waals surface area contributed by atoms with Crippen LogP contribution in [0.15, 0.2) is 30.5 Å². The molecule has 1 aromatic carbocycles. The standard InChI is InChI=1S/C14H12FN5O3/c15-10-2-1-3-11-9(10)4-12(17-11)14(23)16-5-8-6-20(19-18-8)7-13(21)22/h1-4,6,17H,5,7H2,(H,16,23)(H,21,22). The number of amides is 1. The number of carbonyl (C=O) groups excluding carboxylic acids is 1. The summed E-state index contributed by atoms with van der Waals surface area (Å²) in [5.74, 6) is -1.87. The first kappa shape index (κ1) is 14.7. The molecule has 0 fully saturated rings. The summed E-state index contributed by atoms with van der Waals surface area (Å²) in [5, 5.41) is 19.0. The van der Waals surface area contributed by atoms with Gasteiger partial charge in [0, 0.05) is 10.9 Å². The summed E-state index contributed by atoms with van der Waals surface area (Å²) in [6, 6.07) is 5.98. The molecule has 2 aromatic heterocycles. The fourth-order valence-corrected chi connectivity index (χ4v) is 2.14.